The number of hydrogen-bond donors (Lipinski definition) is 1. The van der Waals surface area contributed by atoms with Gasteiger partial charge in [0.25, 0.3) is 5.91 Å². The van der Waals surface area contributed by atoms with E-state index in [0.29, 0.717) is 17.1 Å². The van der Waals surface area contributed by atoms with Gasteiger partial charge < -0.3 is 24.2 Å². The maximum Gasteiger partial charge on any atom is 0.490 e. The third-order valence-corrected chi connectivity index (χ3v) is 6.93. The lowest BCUT2D eigenvalue weighted by Crippen LogP contribution is -2.43. The number of alkyl halides is 3. The molecule has 0 saturated carbocycles. The van der Waals surface area contributed by atoms with E-state index in [1.54, 1.807) is 38.6 Å². The number of rotatable bonds is 7. The van der Waals surface area contributed by atoms with Crippen LogP contribution in [-0.2, 0) is 16.1 Å². The van der Waals surface area contributed by atoms with Crippen molar-refractivity contribution in [3.8, 4) is 11.5 Å². The SMILES string of the molecule is COc1cc(OC)cc(C(=O)N2CCC3(CC2)COC(CN(C)Cc2cccnc2)C3)c1.O=C(O)C(F)(F)F. The molecule has 0 bridgehead atoms. The van der Waals surface area contributed by atoms with Crippen molar-refractivity contribution in [3.05, 3.63) is 53.9 Å². The maximum atomic E-state index is 13.1. The smallest absolute Gasteiger partial charge is 0.490 e. The molecule has 2 fully saturated rings. The summed E-state index contributed by atoms with van der Waals surface area (Å²) in [7, 11) is 5.32. The highest BCUT2D eigenvalue weighted by Crippen LogP contribution is 2.42. The predicted octanol–water partition coefficient (Wildman–Crippen LogP) is 3.88. The second kappa shape index (κ2) is 13.1. The fourth-order valence-corrected chi connectivity index (χ4v) is 4.87. The summed E-state index contributed by atoms with van der Waals surface area (Å²) in [6.07, 6.45) is 1.87. The quantitative estimate of drug-likeness (QED) is 0.552. The molecule has 1 spiro atoms. The molecule has 12 heteroatoms. The van der Waals surface area contributed by atoms with Crippen LogP contribution < -0.4 is 9.47 Å². The van der Waals surface area contributed by atoms with Crippen LogP contribution in [0.25, 0.3) is 0 Å². The lowest BCUT2D eigenvalue weighted by atomic mass is 9.76. The third kappa shape index (κ3) is 8.56. The van der Waals surface area contributed by atoms with Gasteiger partial charge in [-0.05, 0) is 55.5 Å². The summed E-state index contributed by atoms with van der Waals surface area (Å²) in [5, 5.41) is 7.12. The number of amides is 1. The average molecular weight is 554 g/mol. The zero-order valence-corrected chi connectivity index (χ0v) is 22.2. The normalized spacial score (nSPS) is 18.4. The van der Waals surface area contributed by atoms with E-state index in [1.807, 2.05) is 17.2 Å². The molecule has 2 aromatic rings. The Hall–Kier alpha value is -3.38. The Morgan fingerprint density at radius 3 is 2.31 bits per heavy atom. The highest BCUT2D eigenvalue weighted by molar-refractivity contribution is 5.95. The van der Waals surface area contributed by atoms with Gasteiger partial charge >= 0.3 is 12.1 Å². The second-order valence-corrected chi connectivity index (χ2v) is 9.89. The summed E-state index contributed by atoms with van der Waals surface area (Å²) >= 11 is 0. The molecule has 2 aliphatic rings. The number of likely N-dealkylation sites (N-methyl/N-ethyl adjacent to an activating group) is 1. The fourth-order valence-electron chi connectivity index (χ4n) is 4.87. The van der Waals surface area contributed by atoms with E-state index in [0.717, 1.165) is 52.0 Å². The first-order valence-electron chi connectivity index (χ1n) is 12.5. The number of piperidine rings is 1. The van der Waals surface area contributed by atoms with Crippen LogP contribution in [0.4, 0.5) is 13.2 Å². The number of carbonyl (C=O) groups excluding carboxylic acids is 1. The molecule has 2 saturated heterocycles. The van der Waals surface area contributed by atoms with Crippen LogP contribution in [0.1, 0.15) is 35.2 Å². The molecule has 1 unspecified atom stereocenters. The third-order valence-electron chi connectivity index (χ3n) is 6.93. The predicted molar refractivity (Wildman–Crippen MR) is 136 cm³/mol. The standard InChI is InChI=1S/C25H33N3O4.C2HF3O2/c1-27(16-19-5-4-8-26-15-19)17-23-14-25(18-32-23)6-9-28(10-7-25)24(29)20-11-21(30-2)13-22(12-20)31-3;3-2(4,5)1(6)7/h4-5,8,11-13,15,23H,6-7,9-10,14,16-18H2,1-3H3;(H,6,7). The van der Waals surface area contributed by atoms with Gasteiger partial charge in [0.15, 0.2) is 0 Å². The Labute approximate surface area is 225 Å². The average Bonchev–Trinajstić information content (AvgIpc) is 3.29. The van der Waals surface area contributed by atoms with Crippen molar-refractivity contribution >= 4 is 11.9 Å². The summed E-state index contributed by atoms with van der Waals surface area (Å²) in [4.78, 5) is 30.4. The van der Waals surface area contributed by atoms with Crippen LogP contribution in [0.2, 0.25) is 0 Å². The largest absolute Gasteiger partial charge is 0.497 e. The van der Waals surface area contributed by atoms with E-state index in [2.05, 4.69) is 23.0 Å². The number of halogens is 3. The number of hydrogen-bond acceptors (Lipinski definition) is 7. The van der Waals surface area contributed by atoms with Crippen molar-refractivity contribution in [1.29, 1.82) is 0 Å². The van der Waals surface area contributed by atoms with Crippen LogP contribution in [0.15, 0.2) is 42.7 Å². The van der Waals surface area contributed by atoms with E-state index in [1.165, 1.54) is 5.56 Å². The van der Waals surface area contributed by atoms with E-state index in [9.17, 15) is 18.0 Å². The molecule has 3 heterocycles. The molecule has 214 valence electrons. The zero-order valence-electron chi connectivity index (χ0n) is 22.2. The summed E-state index contributed by atoms with van der Waals surface area (Å²) < 4.78 is 48.6. The zero-order chi connectivity index (χ0) is 28.6. The number of aliphatic carboxylic acids is 1. The van der Waals surface area contributed by atoms with Crippen molar-refractivity contribution < 1.29 is 42.1 Å². The molecule has 0 radical (unpaired) electrons. The second-order valence-electron chi connectivity index (χ2n) is 9.89. The van der Waals surface area contributed by atoms with Gasteiger partial charge in [-0.25, -0.2) is 4.79 Å². The number of pyridine rings is 1. The first-order chi connectivity index (χ1) is 18.4. The van der Waals surface area contributed by atoms with Crippen LogP contribution in [0.3, 0.4) is 0 Å². The van der Waals surface area contributed by atoms with Gasteiger partial charge in [0.1, 0.15) is 11.5 Å². The topological polar surface area (TPSA) is 101 Å². The first kappa shape index (κ1) is 30.2. The molecule has 4 rings (SSSR count). The molecule has 1 amide bonds. The summed E-state index contributed by atoms with van der Waals surface area (Å²) in [6.45, 7) is 4.06. The minimum absolute atomic E-state index is 0.0312. The molecule has 2 aliphatic heterocycles. The van der Waals surface area contributed by atoms with Gasteiger partial charge in [-0.3, -0.25) is 14.7 Å². The highest BCUT2D eigenvalue weighted by Gasteiger charge is 2.43. The van der Waals surface area contributed by atoms with Gasteiger partial charge in [0.05, 0.1) is 26.9 Å². The summed E-state index contributed by atoms with van der Waals surface area (Å²) in [5.41, 5.74) is 2.00. The molecule has 9 nitrogen and oxygen atoms in total. The number of aromatic nitrogens is 1. The van der Waals surface area contributed by atoms with Gasteiger partial charge in [0.2, 0.25) is 0 Å². The molecular weight excluding hydrogens is 519 g/mol. The molecule has 0 aliphatic carbocycles. The van der Waals surface area contributed by atoms with E-state index >= 15 is 0 Å². The number of likely N-dealkylation sites (tertiary alicyclic amines) is 1. The van der Waals surface area contributed by atoms with Crippen LogP contribution in [0, 0.1) is 5.41 Å². The minimum atomic E-state index is -5.08. The van der Waals surface area contributed by atoms with Crippen LogP contribution in [-0.4, -0.2) is 91.6 Å². The Morgan fingerprint density at radius 2 is 1.79 bits per heavy atom. The van der Waals surface area contributed by atoms with Gasteiger partial charge in [-0.15, -0.1) is 0 Å². The number of benzene rings is 1. The van der Waals surface area contributed by atoms with E-state index in [4.69, 9.17) is 24.1 Å². The van der Waals surface area contributed by atoms with Gasteiger partial charge in [-0.2, -0.15) is 13.2 Å². The molecule has 1 aromatic heterocycles. The lowest BCUT2D eigenvalue weighted by molar-refractivity contribution is -0.192. The Kier molecular flexibility index (Phi) is 10.1. The highest BCUT2D eigenvalue weighted by atomic mass is 19.4. The maximum absolute atomic E-state index is 13.1. The fraction of sp³-hybridized carbons (Fsp3) is 0.519. The van der Waals surface area contributed by atoms with Crippen molar-refractivity contribution in [1.82, 2.24) is 14.8 Å². The number of methoxy groups -OCH3 is 2. The number of ether oxygens (including phenoxy) is 3. The summed E-state index contributed by atoms with van der Waals surface area (Å²) in [6, 6.07) is 9.42. The van der Waals surface area contributed by atoms with Crippen molar-refractivity contribution in [2.45, 2.75) is 38.1 Å². The van der Waals surface area contributed by atoms with Crippen molar-refractivity contribution in [2.75, 3.05) is 47.5 Å². The first-order valence-corrected chi connectivity index (χ1v) is 12.5. The van der Waals surface area contributed by atoms with Crippen molar-refractivity contribution in [2.24, 2.45) is 5.41 Å². The molecule has 39 heavy (non-hydrogen) atoms. The minimum Gasteiger partial charge on any atom is -0.497 e. The molecule has 1 N–H and O–H groups in total. The lowest BCUT2D eigenvalue weighted by Gasteiger charge is -2.38. The monoisotopic (exact) mass is 553 g/mol. The summed E-state index contributed by atoms with van der Waals surface area (Å²) in [5.74, 6) is -1.47. The van der Waals surface area contributed by atoms with Crippen LogP contribution >= 0.6 is 0 Å². The molecular formula is C27H34F3N3O6. The Balaban J connectivity index is 0.000000532. The molecule has 1 aromatic carbocycles. The number of nitrogens with zero attached hydrogens (tertiary/aromatic N) is 3. The van der Waals surface area contributed by atoms with Crippen molar-refractivity contribution in [3.63, 3.8) is 0 Å². The Morgan fingerprint density at radius 1 is 1.18 bits per heavy atom. The van der Waals surface area contributed by atoms with Gasteiger partial charge in [-0.1, -0.05) is 6.07 Å². The number of carbonyl (C=O) groups is 2. The molecule has 1 atom stereocenters. The van der Waals surface area contributed by atoms with E-state index < -0.39 is 12.1 Å². The van der Waals surface area contributed by atoms with E-state index in [-0.39, 0.29) is 17.4 Å². The number of carboxylic acid groups (broad SMARTS) is 1. The number of carboxylic acids is 1. The Bertz CT molecular complexity index is 1090. The van der Waals surface area contributed by atoms with Crippen LogP contribution in [0.5, 0.6) is 11.5 Å². The van der Waals surface area contributed by atoms with Gasteiger partial charge in [0, 0.05) is 50.2 Å².